The van der Waals surface area contributed by atoms with Crippen molar-refractivity contribution in [3.05, 3.63) is 59.1 Å². The summed E-state index contributed by atoms with van der Waals surface area (Å²) in [4.78, 5) is 0. The number of aryl methyl sites for hydroxylation is 2. The van der Waals surface area contributed by atoms with Crippen LogP contribution in [0.3, 0.4) is 0 Å². The van der Waals surface area contributed by atoms with Gasteiger partial charge in [0.05, 0.1) is 6.26 Å². The van der Waals surface area contributed by atoms with Crippen molar-refractivity contribution in [2.45, 2.75) is 32.7 Å². The van der Waals surface area contributed by atoms with Crippen molar-refractivity contribution in [3.63, 3.8) is 0 Å². The molecule has 1 aromatic heterocycles. The van der Waals surface area contributed by atoms with Crippen LogP contribution in [0.5, 0.6) is 0 Å². The minimum absolute atomic E-state index is 0.124. The van der Waals surface area contributed by atoms with Crippen LogP contribution in [0.1, 0.15) is 36.3 Å². The van der Waals surface area contributed by atoms with Gasteiger partial charge in [-0.15, -0.1) is 0 Å². The van der Waals surface area contributed by atoms with Crippen LogP contribution in [0.4, 0.5) is 8.78 Å². The molecule has 20 heavy (non-hydrogen) atoms. The average Bonchev–Trinajstić information content (AvgIpc) is 2.94. The second-order valence-corrected chi connectivity index (χ2v) is 4.82. The van der Waals surface area contributed by atoms with E-state index in [4.69, 9.17) is 4.42 Å². The van der Waals surface area contributed by atoms with Gasteiger partial charge in [-0.25, -0.2) is 8.78 Å². The number of hydrogen-bond donors (Lipinski definition) is 1. The number of nitrogens with one attached hydrogen (secondary N) is 1. The third-order valence-corrected chi connectivity index (χ3v) is 3.38. The first-order valence-corrected chi connectivity index (χ1v) is 6.83. The van der Waals surface area contributed by atoms with Crippen LogP contribution < -0.4 is 5.32 Å². The molecule has 1 atom stereocenters. The first-order valence-electron chi connectivity index (χ1n) is 6.83. The topological polar surface area (TPSA) is 25.2 Å². The Morgan fingerprint density at radius 2 is 2.05 bits per heavy atom. The lowest BCUT2D eigenvalue weighted by Gasteiger charge is -2.20. The lowest BCUT2D eigenvalue weighted by molar-refractivity contribution is 0.429. The summed E-state index contributed by atoms with van der Waals surface area (Å²) in [6, 6.07) is 6.11. The fourth-order valence-electron chi connectivity index (χ4n) is 2.33. The highest BCUT2D eigenvalue weighted by atomic mass is 19.1. The molecule has 4 heteroatoms. The second kappa shape index (κ2) is 6.66. The van der Waals surface area contributed by atoms with Crippen LogP contribution in [-0.2, 0) is 6.42 Å². The van der Waals surface area contributed by atoms with E-state index in [9.17, 15) is 8.78 Å². The summed E-state index contributed by atoms with van der Waals surface area (Å²) in [7, 11) is 0. The summed E-state index contributed by atoms with van der Waals surface area (Å²) >= 11 is 0. The Kier molecular flexibility index (Phi) is 4.90. The van der Waals surface area contributed by atoms with Crippen molar-refractivity contribution in [2.75, 3.05) is 6.54 Å². The molecule has 0 saturated carbocycles. The molecule has 0 bridgehead atoms. The predicted molar refractivity (Wildman–Crippen MR) is 74.5 cm³/mol. The van der Waals surface area contributed by atoms with Crippen molar-refractivity contribution in [1.82, 2.24) is 5.32 Å². The van der Waals surface area contributed by atoms with Gasteiger partial charge in [-0.05, 0) is 43.7 Å². The molecule has 1 heterocycles. The average molecular weight is 279 g/mol. The molecule has 108 valence electrons. The Labute approximate surface area is 117 Å². The van der Waals surface area contributed by atoms with E-state index in [2.05, 4.69) is 5.32 Å². The Balaban J connectivity index is 2.21. The van der Waals surface area contributed by atoms with Gasteiger partial charge in [0.2, 0.25) is 0 Å². The van der Waals surface area contributed by atoms with Crippen LogP contribution in [0, 0.1) is 18.6 Å². The van der Waals surface area contributed by atoms with E-state index in [1.165, 1.54) is 12.1 Å². The highest BCUT2D eigenvalue weighted by Crippen LogP contribution is 2.26. The SMILES string of the molecule is CCNC(CCc1ccco1)c1c(F)ccc(C)c1F. The van der Waals surface area contributed by atoms with Gasteiger partial charge in [0, 0.05) is 18.0 Å². The maximum atomic E-state index is 14.2. The van der Waals surface area contributed by atoms with Crippen molar-refractivity contribution in [1.29, 1.82) is 0 Å². The third kappa shape index (κ3) is 3.25. The van der Waals surface area contributed by atoms with Gasteiger partial charge in [0.15, 0.2) is 0 Å². The van der Waals surface area contributed by atoms with E-state index in [0.29, 0.717) is 24.9 Å². The Morgan fingerprint density at radius 1 is 1.25 bits per heavy atom. The van der Waals surface area contributed by atoms with E-state index >= 15 is 0 Å². The van der Waals surface area contributed by atoms with Gasteiger partial charge in [0.1, 0.15) is 17.4 Å². The smallest absolute Gasteiger partial charge is 0.133 e. The highest BCUT2D eigenvalue weighted by molar-refractivity contribution is 5.29. The molecule has 2 rings (SSSR count). The molecule has 0 radical (unpaired) electrons. The molecule has 1 N–H and O–H groups in total. The quantitative estimate of drug-likeness (QED) is 0.859. The van der Waals surface area contributed by atoms with Gasteiger partial charge in [0.25, 0.3) is 0 Å². The Morgan fingerprint density at radius 3 is 2.70 bits per heavy atom. The van der Waals surface area contributed by atoms with Gasteiger partial charge in [-0.3, -0.25) is 0 Å². The van der Waals surface area contributed by atoms with E-state index < -0.39 is 11.6 Å². The molecule has 0 amide bonds. The molecule has 1 unspecified atom stereocenters. The first kappa shape index (κ1) is 14.7. The lowest BCUT2D eigenvalue weighted by atomic mass is 9.98. The molecule has 0 aliphatic rings. The molecule has 1 aromatic carbocycles. The van der Waals surface area contributed by atoms with Crippen molar-refractivity contribution in [3.8, 4) is 0 Å². The van der Waals surface area contributed by atoms with Crippen molar-refractivity contribution < 1.29 is 13.2 Å². The predicted octanol–water partition coefficient (Wildman–Crippen LogP) is 4.15. The summed E-state index contributed by atoms with van der Waals surface area (Å²) in [6.45, 7) is 4.22. The largest absolute Gasteiger partial charge is 0.469 e. The highest BCUT2D eigenvalue weighted by Gasteiger charge is 2.21. The molecular formula is C16H19F2NO. The van der Waals surface area contributed by atoms with Crippen LogP contribution in [0.2, 0.25) is 0 Å². The second-order valence-electron chi connectivity index (χ2n) is 4.82. The third-order valence-electron chi connectivity index (χ3n) is 3.38. The van der Waals surface area contributed by atoms with Gasteiger partial charge in [-0.1, -0.05) is 13.0 Å². The fourth-order valence-corrected chi connectivity index (χ4v) is 2.33. The van der Waals surface area contributed by atoms with Crippen LogP contribution in [-0.4, -0.2) is 6.54 Å². The minimum Gasteiger partial charge on any atom is -0.469 e. The molecule has 0 spiro atoms. The maximum Gasteiger partial charge on any atom is 0.133 e. The summed E-state index contributed by atoms with van der Waals surface area (Å²) in [5, 5.41) is 3.15. The molecule has 0 saturated heterocycles. The first-order chi connectivity index (χ1) is 9.63. The van der Waals surface area contributed by atoms with Gasteiger partial charge >= 0.3 is 0 Å². The molecule has 0 fully saturated rings. The zero-order chi connectivity index (χ0) is 14.5. The number of benzene rings is 1. The maximum absolute atomic E-state index is 14.2. The van der Waals surface area contributed by atoms with Crippen molar-refractivity contribution in [2.24, 2.45) is 0 Å². The standard InChI is InChI=1S/C16H19F2NO/c1-3-19-14(9-7-12-5-4-10-20-12)15-13(17)8-6-11(2)16(15)18/h4-6,8,10,14,19H,3,7,9H2,1-2H3. The Bertz CT molecular complexity index is 552. The minimum atomic E-state index is -0.501. The van der Waals surface area contributed by atoms with Gasteiger partial charge < -0.3 is 9.73 Å². The zero-order valence-corrected chi connectivity index (χ0v) is 11.7. The normalized spacial score (nSPS) is 12.6. The van der Waals surface area contributed by atoms with Crippen LogP contribution in [0.25, 0.3) is 0 Å². The van der Waals surface area contributed by atoms with Gasteiger partial charge in [-0.2, -0.15) is 0 Å². The fraction of sp³-hybridized carbons (Fsp3) is 0.375. The van der Waals surface area contributed by atoms with E-state index in [0.717, 1.165) is 5.76 Å². The molecular weight excluding hydrogens is 260 g/mol. The summed E-state index contributed by atoms with van der Waals surface area (Å²) in [5.41, 5.74) is 0.584. The molecule has 0 aliphatic carbocycles. The lowest BCUT2D eigenvalue weighted by Crippen LogP contribution is -2.24. The zero-order valence-electron chi connectivity index (χ0n) is 11.7. The number of hydrogen-bond acceptors (Lipinski definition) is 2. The van der Waals surface area contributed by atoms with Crippen LogP contribution >= 0.6 is 0 Å². The number of furan rings is 1. The summed E-state index contributed by atoms with van der Waals surface area (Å²) < 4.78 is 33.4. The Hall–Kier alpha value is -1.68. The monoisotopic (exact) mass is 279 g/mol. The van der Waals surface area contributed by atoms with Crippen molar-refractivity contribution >= 4 is 0 Å². The van der Waals surface area contributed by atoms with E-state index in [1.54, 1.807) is 13.2 Å². The summed E-state index contributed by atoms with van der Waals surface area (Å²) in [5.74, 6) is -0.143. The molecule has 2 aromatic rings. The molecule has 0 aliphatic heterocycles. The number of rotatable bonds is 6. The number of halogens is 2. The summed E-state index contributed by atoms with van der Waals surface area (Å²) in [6.07, 6.45) is 2.82. The van der Waals surface area contributed by atoms with Crippen LogP contribution in [0.15, 0.2) is 34.9 Å². The molecule has 2 nitrogen and oxygen atoms in total. The van der Waals surface area contributed by atoms with E-state index in [1.807, 2.05) is 19.1 Å². The van der Waals surface area contributed by atoms with E-state index in [-0.39, 0.29) is 11.6 Å².